The molecular formula is C24H26FN3O5S2. The number of benzene rings is 2. The second-order valence-corrected chi connectivity index (χ2v) is 11.4. The third kappa shape index (κ3) is 5.36. The summed E-state index contributed by atoms with van der Waals surface area (Å²) in [5.41, 5.74) is 0.734. The summed E-state index contributed by atoms with van der Waals surface area (Å²) >= 11 is 1.07. The quantitative estimate of drug-likeness (QED) is 0.463. The number of methoxy groups -OCH3 is 1. The highest BCUT2D eigenvalue weighted by Crippen LogP contribution is 2.26. The first-order chi connectivity index (χ1) is 16.7. The maximum atomic E-state index is 13.7. The van der Waals surface area contributed by atoms with Crippen molar-refractivity contribution in [2.45, 2.75) is 49.6 Å². The van der Waals surface area contributed by atoms with E-state index in [1.165, 1.54) is 58.4 Å². The fourth-order valence-electron chi connectivity index (χ4n) is 4.21. The molecule has 0 saturated heterocycles. The van der Waals surface area contributed by atoms with E-state index in [-0.39, 0.29) is 27.8 Å². The fourth-order valence-corrected chi connectivity index (χ4v) is 6.68. The van der Waals surface area contributed by atoms with E-state index in [4.69, 9.17) is 4.74 Å². The van der Waals surface area contributed by atoms with Crippen molar-refractivity contribution in [3.05, 3.63) is 58.6 Å². The van der Waals surface area contributed by atoms with E-state index in [9.17, 15) is 22.4 Å². The average Bonchev–Trinajstić information content (AvgIpc) is 3.19. The number of rotatable bonds is 6. The molecule has 0 radical (unpaired) electrons. The van der Waals surface area contributed by atoms with Crippen molar-refractivity contribution in [2.24, 2.45) is 4.99 Å². The summed E-state index contributed by atoms with van der Waals surface area (Å²) in [7, 11) is -0.830. The molecule has 1 aliphatic carbocycles. The number of ether oxygens (including phenoxy) is 1. The van der Waals surface area contributed by atoms with Gasteiger partial charge in [-0.05, 0) is 55.3 Å². The summed E-state index contributed by atoms with van der Waals surface area (Å²) in [6, 6.07) is 9.71. The molecule has 4 rings (SSSR count). The Kier molecular flexibility index (Phi) is 7.48. The summed E-state index contributed by atoms with van der Waals surface area (Å²) in [5, 5.41) is 0. The Hall–Kier alpha value is -2.89. The van der Waals surface area contributed by atoms with Crippen LogP contribution in [0, 0.1) is 5.82 Å². The van der Waals surface area contributed by atoms with Crippen molar-refractivity contribution in [3.63, 3.8) is 0 Å². The molecule has 1 heterocycles. The predicted molar refractivity (Wildman–Crippen MR) is 130 cm³/mol. The number of sulfonamides is 1. The van der Waals surface area contributed by atoms with Crippen LogP contribution in [0.3, 0.4) is 0 Å². The van der Waals surface area contributed by atoms with Crippen LogP contribution in [0.1, 0.15) is 42.5 Å². The van der Waals surface area contributed by atoms with Crippen LogP contribution in [0.25, 0.3) is 10.2 Å². The van der Waals surface area contributed by atoms with Gasteiger partial charge in [0.15, 0.2) is 4.80 Å². The van der Waals surface area contributed by atoms with E-state index in [0.717, 1.165) is 43.4 Å². The molecule has 0 aliphatic heterocycles. The number of hydrogen-bond donors (Lipinski definition) is 0. The standard InChI is InChI=1S/C24H26FN3O5S2/c1-27(18-6-4-3-5-7-18)35(31,32)19-11-8-16(9-12-19)23(30)26-24-28(15-22(29)33-2)20-13-10-17(25)14-21(20)34-24/h8-14,18H,3-7,15H2,1-2H3. The first-order valence-corrected chi connectivity index (χ1v) is 13.5. The summed E-state index contributed by atoms with van der Waals surface area (Å²) in [6.07, 6.45) is 4.84. The van der Waals surface area contributed by atoms with Gasteiger partial charge in [0.25, 0.3) is 5.91 Å². The number of carbonyl (C=O) groups is 2. The van der Waals surface area contributed by atoms with Crippen LogP contribution in [0.2, 0.25) is 0 Å². The molecule has 0 bridgehead atoms. The summed E-state index contributed by atoms with van der Waals surface area (Å²) in [4.78, 5) is 29.2. The second kappa shape index (κ2) is 10.4. The van der Waals surface area contributed by atoms with Gasteiger partial charge in [0.05, 0.1) is 22.2 Å². The minimum atomic E-state index is -3.68. The molecule has 0 atom stereocenters. The third-order valence-corrected chi connectivity index (χ3v) is 9.19. The van der Waals surface area contributed by atoms with Crippen LogP contribution >= 0.6 is 11.3 Å². The molecule has 2 aromatic carbocycles. The van der Waals surface area contributed by atoms with Crippen molar-refractivity contribution in [2.75, 3.05) is 14.2 Å². The number of amides is 1. The van der Waals surface area contributed by atoms with Crippen molar-refractivity contribution in [1.82, 2.24) is 8.87 Å². The number of nitrogens with zero attached hydrogens (tertiary/aromatic N) is 3. The van der Waals surface area contributed by atoms with Gasteiger partial charge in [0.2, 0.25) is 10.0 Å². The molecule has 1 amide bonds. The molecular weight excluding hydrogens is 493 g/mol. The summed E-state index contributed by atoms with van der Waals surface area (Å²) in [6.45, 7) is -0.196. The zero-order valence-electron chi connectivity index (χ0n) is 19.4. The van der Waals surface area contributed by atoms with E-state index in [2.05, 4.69) is 4.99 Å². The molecule has 8 nitrogen and oxygen atoms in total. The Morgan fingerprint density at radius 1 is 1.14 bits per heavy atom. The average molecular weight is 520 g/mol. The van der Waals surface area contributed by atoms with Crippen LogP contribution in [-0.2, 0) is 26.1 Å². The molecule has 0 unspecified atom stereocenters. The van der Waals surface area contributed by atoms with Crippen LogP contribution in [-0.4, -0.2) is 49.4 Å². The fraction of sp³-hybridized carbons (Fsp3) is 0.375. The smallest absolute Gasteiger partial charge is 0.325 e. The Morgan fingerprint density at radius 3 is 2.49 bits per heavy atom. The van der Waals surface area contributed by atoms with Crippen molar-refractivity contribution >= 4 is 43.5 Å². The number of fused-ring (bicyclic) bond motifs is 1. The van der Waals surface area contributed by atoms with E-state index in [0.29, 0.717) is 10.2 Å². The predicted octanol–water partition coefficient (Wildman–Crippen LogP) is 3.71. The Balaban J connectivity index is 1.63. The van der Waals surface area contributed by atoms with Gasteiger partial charge in [0, 0.05) is 18.7 Å². The van der Waals surface area contributed by atoms with Gasteiger partial charge < -0.3 is 9.30 Å². The lowest BCUT2D eigenvalue weighted by Gasteiger charge is -2.30. The molecule has 0 spiro atoms. The lowest BCUT2D eigenvalue weighted by Crippen LogP contribution is -2.38. The number of esters is 1. The van der Waals surface area contributed by atoms with Crippen LogP contribution in [0.4, 0.5) is 4.39 Å². The monoisotopic (exact) mass is 519 g/mol. The van der Waals surface area contributed by atoms with Crippen molar-refractivity contribution in [1.29, 1.82) is 0 Å². The van der Waals surface area contributed by atoms with Gasteiger partial charge in [-0.15, -0.1) is 0 Å². The Morgan fingerprint density at radius 2 is 1.83 bits per heavy atom. The van der Waals surface area contributed by atoms with Gasteiger partial charge in [0.1, 0.15) is 12.4 Å². The minimum absolute atomic E-state index is 0.0203. The number of carbonyl (C=O) groups excluding carboxylic acids is 2. The Labute approximate surface area is 206 Å². The van der Waals surface area contributed by atoms with E-state index in [1.54, 1.807) is 7.05 Å². The number of hydrogen-bond acceptors (Lipinski definition) is 6. The first-order valence-electron chi connectivity index (χ1n) is 11.2. The lowest BCUT2D eigenvalue weighted by molar-refractivity contribution is -0.141. The molecule has 0 N–H and O–H groups in total. The van der Waals surface area contributed by atoms with Gasteiger partial charge >= 0.3 is 5.97 Å². The SMILES string of the molecule is COC(=O)Cn1c(=NC(=O)c2ccc(S(=O)(=O)N(C)C3CCCCC3)cc2)sc2cc(F)ccc21. The lowest BCUT2D eigenvalue weighted by atomic mass is 9.96. The number of halogens is 1. The van der Waals surface area contributed by atoms with Crippen molar-refractivity contribution in [3.8, 4) is 0 Å². The Bertz CT molecular complexity index is 1420. The van der Waals surface area contributed by atoms with Crippen LogP contribution in [0.5, 0.6) is 0 Å². The second-order valence-electron chi connectivity index (χ2n) is 8.41. The zero-order chi connectivity index (χ0) is 25.2. The number of aromatic nitrogens is 1. The topological polar surface area (TPSA) is 98.0 Å². The van der Waals surface area contributed by atoms with Gasteiger partial charge in [-0.2, -0.15) is 9.30 Å². The van der Waals surface area contributed by atoms with Crippen LogP contribution in [0.15, 0.2) is 52.4 Å². The van der Waals surface area contributed by atoms with Crippen molar-refractivity contribution < 1.29 is 27.1 Å². The highest BCUT2D eigenvalue weighted by Gasteiger charge is 2.29. The normalized spacial score (nSPS) is 15.6. The van der Waals surface area contributed by atoms with Crippen LogP contribution < -0.4 is 4.80 Å². The van der Waals surface area contributed by atoms with Gasteiger partial charge in [-0.1, -0.05) is 30.6 Å². The van der Waals surface area contributed by atoms with Gasteiger partial charge in [-0.3, -0.25) is 9.59 Å². The first kappa shape index (κ1) is 25.2. The summed E-state index contributed by atoms with van der Waals surface area (Å²) in [5.74, 6) is -1.60. The van der Waals surface area contributed by atoms with Gasteiger partial charge in [-0.25, -0.2) is 12.8 Å². The van der Waals surface area contributed by atoms with E-state index in [1.807, 2.05) is 0 Å². The molecule has 35 heavy (non-hydrogen) atoms. The maximum Gasteiger partial charge on any atom is 0.325 e. The summed E-state index contributed by atoms with van der Waals surface area (Å²) < 4.78 is 48.0. The molecule has 1 fully saturated rings. The molecule has 1 saturated carbocycles. The molecule has 3 aromatic rings. The highest BCUT2D eigenvalue weighted by molar-refractivity contribution is 7.89. The molecule has 1 aromatic heterocycles. The number of thiazole rings is 1. The molecule has 1 aliphatic rings. The maximum absolute atomic E-state index is 13.7. The van der Waals surface area contributed by atoms with E-state index >= 15 is 0 Å². The minimum Gasteiger partial charge on any atom is -0.468 e. The largest absolute Gasteiger partial charge is 0.468 e. The molecule has 11 heteroatoms. The molecule has 186 valence electrons. The highest BCUT2D eigenvalue weighted by atomic mass is 32.2. The van der Waals surface area contributed by atoms with E-state index < -0.39 is 27.7 Å². The zero-order valence-corrected chi connectivity index (χ0v) is 21.1. The third-order valence-electron chi connectivity index (χ3n) is 6.22.